The molecule has 2 atom stereocenters. The largest absolute Gasteiger partial charge is 0.369 e. The van der Waals surface area contributed by atoms with Gasteiger partial charge in [0.1, 0.15) is 0 Å². The highest BCUT2D eigenvalue weighted by molar-refractivity contribution is 5.76. The SMILES string of the molecule is CC(CNCC1CCCN(C)C1)C(N)=O. The van der Waals surface area contributed by atoms with Crippen LogP contribution in [0.5, 0.6) is 0 Å². The monoisotopic (exact) mass is 213 g/mol. The molecule has 1 rings (SSSR count). The molecule has 0 aromatic rings. The molecule has 1 aliphatic rings. The van der Waals surface area contributed by atoms with E-state index in [9.17, 15) is 4.79 Å². The molecule has 88 valence electrons. The van der Waals surface area contributed by atoms with Gasteiger partial charge >= 0.3 is 0 Å². The highest BCUT2D eigenvalue weighted by Gasteiger charge is 2.17. The Hall–Kier alpha value is -0.610. The number of amides is 1. The Labute approximate surface area is 92.2 Å². The highest BCUT2D eigenvalue weighted by Crippen LogP contribution is 2.13. The quantitative estimate of drug-likeness (QED) is 0.678. The molecule has 1 amide bonds. The normalized spacial score (nSPS) is 25.1. The molecule has 0 radical (unpaired) electrons. The summed E-state index contributed by atoms with van der Waals surface area (Å²) in [6.07, 6.45) is 2.58. The minimum atomic E-state index is -0.219. The molecule has 1 saturated heterocycles. The summed E-state index contributed by atoms with van der Waals surface area (Å²) in [6.45, 7) is 5.95. The number of hydrogen-bond donors (Lipinski definition) is 2. The van der Waals surface area contributed by atoms with E-state index in [1.54, 1.807) is 0 Å². The molecular formula is C11H23N3O. The van der Waals surface area contributed by atoms with Crippen molar-refractivity contribution in [1.82, 2.24) is 10.2 Å². The van der Waals surface area contributed by atoms with Crippen molar-refractivity contribution in [2.45, 2.75) is 19.8 Å². The lowest BCUT2D eigenvalue weighted by atomic mass is 9.98. The van der Waals surface area contributed by atoms with Crippen molar-refractivity contribution >= 4 is 5.91 Å². The number of primary amides is 1. The fourth-order valence-corrected chi connectivity index (χ4v) is 2.04. The molecule has 0 aliphatic carbocycles. The zero-order chi connectivity index (χ0) is 11.3. The summed E-state index contributed by atoms with van der Waals surface area (Å²) < 4.78 is 0. The maximum atomic E-state index is 10.8. The first-order chi connectivity index (χ1) is 7.09. The third kappa shape index (κ3) is 4.62. The molecule has 4 heteroatoms. The van der Waals surface area contributed by atoms with Crippen LogP contribution in [0.1, 0.15) is 19.8 Å². The number of hydrogen-bond acceptors (Lipinski definition) is 3. The molecular weight excluding hydrogens is 190 g/mol. The first-order valence-electron chi connectivity index (χ1n) is 5.78. The van der Waals surface area contributed by atoms with E-state index in [0.29, 0.717) is 6.54 Å². The smallest absolute Gasteiger partial charge is 0.221 e. The standard InChI is InChI=1S/C11H23N3O/c1-9(11(12)15)6-13-7-10-4-3-5-14(2)8-10/h9-10,13H,3-8H2,1-2H3,(H2,12,15). The number of nitrogens with zero attached hydrogens (tertiary/aromatic N) is 1. The van der Waals surface area contributed by atoms with Gasteiger partial charge < -0.3 is 16.0 Å². The van der Waals surface area contributed by atoms with Crippen molar-refractivity contribution in [3.63, 3.8) is 0 Å². The predicted octanol–water partition coefficient (Wildman–Crippen LogP) is 0.0392. The Morgan fingerprint density at radius 2 is 2.40 bits per heavy atom. The Balaban J connectivity index is 2.11. The minimum absolute atomic E-state index is 0.0636. The number of nitrogens with one attached hydrogen (secondary N) is 1. The second-order valence-electron chi connectivity index (χ2n) is 4.73. The van der Waals surface area contributed by atoms with Crippen LogP contribution in [0.15, 0.2) is 0 Å². The first kappa shape index (κ1) is 12.5. The fraction of sp³-hybridized carbons (Fsp3) is 0.909. The summed E-state index contributed by atoms with van der Waals surface area (Å²) in [5.41, 5.74) is 5.19. The van der Waals surface area contributed by atoms with Gasteiger partial charge in [-0.1, -0.05) is 6.92 Å². The van der Waals surface area contributed by atoms with Crippen molar-refractivity contribution in [3.05, 3.63) is 0 Å². The van der Waals surface area contributed by atoms with Crippen molar-refractivity contribution < 1.29 is 4.79 Å². The van der Waals surface area contributed by atoms with E-state index in [1.165, 1.54) is 19.4 Å². The maximum Gasteiger partial charge on any atom is 0.221 e. The second kappa shape index (κ2) is 6.08. The Bertz CT molecular complexity index is 208. The van der Waals surface area contributed by atoms with E-state index in [1.807, 2.05) is 6.92 Å². The molecule has 0 aromatic carbocycles. The van der Waals surface area contributed by atoms with E-state index < -0.39 is 0 Å². The fourth-order valence-electron chi connectivity index (χ4n) is 2.04. The molecule has 0 aromatic heterocycles. The van der Waals surface area contributed by atoms with Gasteiger partial charge in [-0.25, -0.2) is 0 Å². The average Bonchev–Trinajstić information content (AvgIpc) is 2.17. The van der Waals surface area contributed by atoms with Crippen molar-refractivity contribution in [1.29, 1.82) is 0 Å². The maximum absolute atomic E-state index is 10.8. The van der Waals surface area contributed by atoms with Crippen molar-refractivity contribution in [2.24, 2.45) is 17.6 Å². The lowest BCUT2D eigenvalue weighted by Gasteiger charge is -2.30. The molecule has 4 nitrogen and oxygen atoms in total. The molecule has 1 fully saturated rings. The van der Waals surface area contributed by atoms with E-state index >= 15 is 0 Å². The minimum Gasteiger partial charge on any atom is -0.369 e. The van der Waals surface area contributed by atoms with E-state index in [-0.39, 0.29) is 11.8 Å². The van der Waals surface area contributed by atoms with Crippen molar-refractivity contribution in [3.8, 4) is 0 Å². The van der Waals surface area contributed by atoms with E-state index in [4.69, 9.17) is 5.73 Å². The first-order valence-corrected chi connectivity index (χ1v) is 5.78. The third-order valence-corrected chi connectivity index (χ3v) is 3.09. The number of carbonyl (C=O) groups excluding carboxylic acids is 1. The van der Waals surface area contributed by atoms with E-state index in [0.717, 1.165) is 19.0 Å². The second-order valence-corrected chi connectivity index (χ2v) is 4.73. The zero-order valence-electron chi connectivity index (χ0n) is 9.83. The van der Waals surface area contributed by atoms with Gasteiger partial charge in [-0.2, -0.15) is 0 Å². The van der Waals surface area contributed by atoms with Gasteiger partial charge in [0, 0.05) is 19.0 Å². The lowest BCUT2D eigenvalue weighted by Crippen LogP contribution is -2.39. The molecule has 0 spiro atoms. The van der Waals surface area contributed by atoms with Crippen LogP contribution >= 0.6 is 0 Å². The molecule has 15 heavy (non-hydrogen) atoms. The summed E-state index contributed by atoms with van der Waals surface area (Å²) >= 11 is 0. The number of carbonyl (C=O) groups is 1. The van der Waals surface area contributed by atoms with Crippen LogP contribution < -0.4 is 11.1 Å². The summed E-state index contributed by atoms with van der Waals surface area (Å²) in [5, 5.41) is 3.33. The topological polar surface area (TPSA) is 58.4 Å². The number of likely N-dealkylation sites (tertiary alicyclic amines) is 1. The highest BCUT2D eigenvalue weighted by atomic mass is 16.1. The van der Waals surface area contributed by atoms with Gasteiger partial charge in [0.25, 0.3) is 0 Å². The molecule has 2 unspecified atom stereocenters. The van der Waals surface area contributed by atoms with Gasteiger partial charge in [0.05, 0.1) is 0 Å². The van der Waals surface area contributed by atoms with Gasteiger partial charge in [-0.15, -0.1) is 0 Å². The van der Waals surface area contributed by atoms with Crippen LogP contribution in [0.2, 0.25) is 0 Å². The van der Waals surface area contributed by atoms with Gasteiger partial charge in [0.15, 0.2) is 0 Å². The molecule has 1 aliphatic heterocycles. The van der Waals surface area contributed by atoms with Crippen LogP contribution in [0, 0.1) is 11.8 Å². The predicted molar refractivity (Wildman–Crippen MR) is 61.4 cm³/mol. The van der Waals surface area contributed by atoms with Crippen LogP contribution in [0.4, 0.5) is 0 Å². The summed E-state index contributed by atoms with van der Waals surface area (Å²) in [5.74, 6) is 0.443. The average molecular weight is 213 g/mol. The number of rotatable bonds is 5. The lowest BCUT2D eigenvalue weighted by molar-refractivity contribution is -0.121. The molecule has 0 bridgehead atoms. The Morgan fingerprint density at radius 3 is 3.00 bits per heavy atom. The summed E-state index contributed by atoms with van der Waals surface area (Å²) in [6, 6.07) is 0. The summed E-state index contributed by atoms with van der Waals surface area (Å²) in [7, 11) is 2.16. The van der Waals surface area contributed by atoms with Gasteiger partial charge in [0.2, 0.25) is 5.91 Å². The molecule has 1 heterocycles. The molecule has 0 saturated carbocycles. The van der Waals surface area contributed by atoms with Crippen LogP contribution in [0.25, 0.3) is 0 Å². The van der Waals surface area contributed by atoms with Gasteiger partial charge in [-0.3, -0.25) is 4.79 Å². The van der Waals surface area contributed by atoms with Crippen LogP contribution in [0.3, 0.4) is 0 Å². The Morgan fingerprint density at radius 1 is 1.67 bits per heavy atom. The van der Waals surface area contributed by atoms with Crippen LogP contribution in [-0.4, -0.2) is 44.0 Å². The third-order valence-electron chi connectivity index (χ3n) is 3.09. The zero-order valence-corrected chi connectivity index (χ0v) is 9.83. The van der Waals surface area contributed by atoms with E-state index in [2.05, 4.69) is 17.3 Å². The molecule has 3 N–H and O–H groups in total. The van der Waals surface area contributed by atoms with Gasteiger partial charge in [-0.05, 0) is 38.9 Å². The van der Waals surface area contributed by atoms with Crippen molar-refractivity contribution in [2.75, 3.05) is 33.2 Å². The Kier molecular flexibility index (Phi) is 5.05. The van der Waals surface area contributed by atoms with Crippen LogP contribution in [-0.2, 0) is 4.79 Å². The number of piperidine rings is 1. The number of nitrogens with two attached hydrogens (primary N) is 1. The summed E-state index contributed by atoms with van der Waals surface area (Å²) in [4.78, 5) is 13.2.